The zero-order valence-electron chi connectivity index (χ0n) is 12.7. The first-order valence-corrected chi connectivity index (χ1v) is 7.93. The fourth-order valence-electron chi connectivity index (χ4n) is 1.91. The largest absolute Gasteiger partial charge is 0.350 e. The van der Waals surface area contributed by atoms with Crippen molar-refractivity contribution in [1.82, 2.24) is 15.2 Å². The Bertz CT molecular complexity index is 595. The topological polar surface area (TPSA) is 45.2 Å². The van der Waals surface area contributed by atoms with Gasteiger partial charge in [-0.05, 0) is 20.5 Å². The van der Waals surface area contributed by atoms with Crippen molar-refractivity contribution in [1.29, 1.82) is 0 Å². The molecule has 0 aliphatic carbocycles. The third-order valence-corrected chi connectivity index (χ3v) is 4.55. The van der Waals surface area contributed by atoms with Gasteiger partial charge in [0.15, 0.2) is 0 Å². The van der Waals surface area contributed by atoms with Gasteiger partial charge >= 0.3 is 0 Å². The summed E-state index contributed by atoms with van der Waals surface area (Å²) in [5.41, 5.74) is 1.84. The van der Waals surface area contributed by atoms with Gasteiger partial charge in [0.05, 0.1) is 5.69 Å². The second kappa shape index (κ2) is 7.33. The molecule has 0 bridgehead atoms. The van der Waals surface area contributed by atoms with Crippen molar-refractivity contribution in [3.63, 3.8) is 0 Å². The summed E-state index contributed by atoms with van der Waals surface area (Å²) in [6.45, 7) is 6.47. The van der Waals surface area contributed by atoms with Crippen LogP contribution in [0, 0.1) is 6.92 Å². The number of hydrogen-bond donors (Lipinski definition) is 1. The lowest BCUT2D eigenvalue weighted by molar-refractivity contribution is 0.0953. The van der Waals surface area contributed by atoms with Crippen molar-refractivity contribution in [2.75, 3.05) is 26.7 Å². The lowest BCUT2D eigenvalue weighted by Gasteiger charge is -2.13. The first-order chi connectivity index (χ1) is 10.1. The van der Waals surface area contributed by atoms with Gasteiger partial charge in [0.2, 0.25) is 0 Å². The van der Waals surface area contributed by atoms with Crippen molar-refractivity contribution in [3.8, 4) is 10.6 Å². The molecule has 0 spiro atoms. The van der Waals surface area contributed by atoms with Crippen LogP contribution in [0.4, 0.5) is 0 Å². The van der Waals surface area contributed by atoms with Gasteiger partial charge in [-0.1, -0.05) is 37.3 Å². The lowest BCUT2D eigenvalue weighted by Crippen LogP contribution is -2.32. The summed E-state index contributed by atoms with van der Waals surface area (Å²) in [5.74, 6) is -0.0308. The Morgan fingerprint density at radius 3 is 2.71 bits per heavy atom. The quantitative estimate of drug-likeness (QED) is 0.892. The molecule has 4 nitrogen and oxygen atoms in total. The number of aryl methyl sites for hydroxylation is 1. The molecule has 0 aliphatic rings. The molecule has 1 amide bonds. The maximum atomic E-state index is 12.2. The van der Waals surface area contributed by atoms with Gasteiger partial charge in [-0.3, -0.25) is 4.79 Å². The highest BCUT2D eigenvalue weighted by Crippen LogP contribution is 2.27. The average Bonchev–Trinajstić information content (AvgIpc) is 2.90. The molecule has 2 aromatic rings. The van der Waals surface area contributed by atoms with Crippen LogP contribution in [0.15, 0.2) is 30.3 Å². The first kappa shape index (κ1) is 15.7. The number of amides is 1. The van der Waals surface area contributed by atoms with Crippen LogP contribution in [0.3, 0.4) is 0 Å². The maximum Gasteiger partial charge on any atom is 0.263 e. The van der Waals surface area contributed by atoms with E-state index in [0.29, 0.717) is 11.4 Å². The van der Waals surface area contributed by atoms with E-state index >= 15 is 0 Å². The lowest BCUT2D eigenvalue weighted by atomic mass is 10.2. The number of thiazole rings is 1. The number of nitrogens with zero attached hydrogens (tertiary/aromatic N) is 2. The smallest absolute Gasteiger partial charge is 0.263 e. The highest BCUT2D eigenvalue weighted by atomic mass is 32.1. The van der Waals surface area contributed by atoms with Crippen LogP contribution in [-0.4, -0.2) is 42.5 Å². The number of carbonyl (C=O) groups excluding carboxylic acids is 1. The van der Waals surface area contributed by atoms with Crippen molar-refractivity contribution in [3.05, 3.63) is 40.9 Å². The minimum Gasteiger partial charge on any atom is -0.350 e. The van der Waals surface area contributed by atoms with Gasteiger partial charge in [0, 0.05) is 18.7 Å². The SMILES string of the molecule is CCN(C)CCNC(=O)c1sc(-c2ccccc2)nc1C. The Morgan fingerprint density at radius 2 is 2.05 bits per heavy atom. The Balaban J connectivity index is 2.04. The molecule has 0 unspecified atom stereocenters. The van der Waals surface area contributed by atoms with Crippen LogP contribution in [0.25, 0.3) is 10.6 Å². The van der Waals surface area contributed by atoms with Crippen molar-refractivity contribution in [2.24, 2.45) is 0 Å². The number of aromatic nitrogens is 1. The number of likely N-dealkylation sites (N-methyl/N-ethyl adjacent to an activating group) is 1. The predicted octanol–water partition coefficient (Wildman–Crippen LogP) is 2.80. The molecule has 0 fully saturated rings. The summed E-state index contributed by atoms with van der Waals surface area (Å²) < 4.78 is 0. The number of nitrogens with one attached hydrogen (secondary N) is 1. The van der Waals surface area contributed by atoms with Crippen molar-refractivity contribution < 1.29 is 4.79 Å². The second-order valence-electron chi connectivity index (χ2n) is 4.95. The number of hydrogen-bond acceptors (Lipinski definition) is 4. The summed E-state index contributed by atoms with van der Waals surface area (Å²) in [6.07, 6.45) is 0. The molecule has 2 rings (SSSR count). The standard InChI is InChI=1S/C16H21N3OS/c1-4-19(3)11-10-17-15(20)14-12(2)18-16(21-14)13-8-6-5-7-9-13/h5-9H,4,10-11H2,1-3H3,(H,17,20). The van der Waals surface area contributed by atoms with Crippen LogP contribution in [0.2, 0.25) is 0 Å². The average molecular weight is 303 g/mol. The van der Waals surface area contributed by atoms with Crippen LogP contribution in [0.5, 0.6) is 0 Å². The molecule has 1 aromatic heterocycles. The molecule has 0 saturated heterocycles. The van der Waals surface area contributed by atoms with Crippen LogP contribution in [0.1, 0.15) is 22.3 Å². The molecule has 112 valence electrons. The number of benzene rings is 1. The van der Waals surface area contributed by atoms with Crippen LogP contribution >= 0.6 is 11.3 Å². The van der Waals surface area contributed by atoms with Gasteiger partial charge < -0.3 is 10.2 Å². The van der Waals surface area contributed by atoms with E-state index in [9.17, 15) is 4.79 Å². The van der Waals surface area contributed by atoms with Crippen LogP contribution in [-0.2, 0) is 0 Å². The third-order valence-electron chi connectivity index (χ3n) is 3.34. The normalized spacial score (nSPS) is 10.9. The second-order valence-corrected chi connectivity index (χ2v) is 5.95. The Kier molecular flexibility index (Phi) is 5.47. The van der Waals surface area contributed by atoms with Gasteiger partial charge in [0.25, 0.3) is 5.91 Å². The Morgan fingerprint density at radius 1 is 1.33 bits per heavy atom. The zero-order chi connectivity index (χ0) is 15.2. The molecule has 1 heterocycles. The highest BCUT2D eigenvalue weighted by Gasteiger charge is 2.15. The van der Waals surface area contributed by atoms with E-state index in [0.717, 1.165) is 29.4 Å². The van der Waals surface area contributed by atoms with E-state index in [-0.39, 0.29) is 5.91 Å². The summed E-state index contributed by atoms with van der Waals surface area (Å²) in [4.78, 5) is 19.6. The minimum atomic E-state index is -0.0308. The van der Waals surface area contributed by atoms with E-state index in [1.807, 2.05) is 44.3 Å². The van der Waals surface area contributed by atoms with Gasteiger partial charge in [-0.15, -0.1) is 11.3 Å². The number of carbonyl (C=O) groups is 1. The van der Waals surface area contributed by atoms with Gasteiger partial charge in [0.1, 0.15) is 9.88 Å². The van der Waals surface area contributed by atoms with Gasteiger partial charge in [-0.25, -0.2) is 4.98 Å². The van der Waals surface area contributed by atoms with Crippen LogP contribution < -0.4 is 5.32 Å². The molecule has 5 heteroatoms. The molecular weight excluding hydrogens is 282 g/mol. The molecule has 1 aromatic carbocycles. The number of rotatable bonds is 6. The summed E-state index contributed by atoms with van der Waals surface area (Å²) in [5, 5.41) is 3.85. The molecule has 1 N–H and O–H groups in total. The fraction of sp³-hybridized carbons (Fsp3) is 0.375. The summed E-state index contributed by atoms with van der Waals surface area (Å²) >= 11 is 1.45. The third kappa shape index (κ3) is 4.12. The summed E-state index contributed by atoms with van der Waals surface area (Å²) in [6, 6.07) is 9.95. The van der Waals surface area contributed by atoms with Crippen molar-refractivity contribution >= 4 is 17.2 Å². The monoisotopic (exact) mass is 303 g/mol. The van der Waals surface area contributed by atoms with Crippen molar-refractivity contribution in [2.45, 2.75) is 13.8 Å². The Labute approximate surface area is 129 Å². The molecule has 0 aliphatic heterocycles. The van der Waals surface area contributed by atoms with Gasteiger partial charge in [-0.2, -0.15) is 0 Å². The first-order valence-electron chi connectivity index (χ1n) is 7.11. The maximum absolute atomic E-state index is 12.2. The fourth-order valence-corrected chi connectivity index (χ4v) is 2.90. The molecule has 21 heavy (non-hydrogen) atoms. The summed E-state index contributed by atoms with van der Waals surface area (Å²) in [7, 11) is 2.04. The molecule has 0 atom stereocenters. The van der Waals surface area contributed by atoms with E-state index in [2.05, 4.69) is 22.1 Å². The zero-order valence-corrected chi connectivity index (χ0v) is 13.5. The van der Waals surface area contributed by atoms with E-state index in [4.69, 9.17) is 0 Å². The molecule has 0 saturated carbocycles. The Hall–Kier alpha value is -1.72. The minimum absolute atomic E-state index is 0.0308. The van der Waals surface area contributed by atoms with E-state index in [1.54, 1.807) is 0 Å². The highest BCUT2D eigenvalue weighted by molar-refractivity contribution is 7.17. The molecule has 0 radical (unpaired) electrons. The van der Waals surface area contributed by atoms with E-state index in [1.165, 1.54) is 11.3 Å². The predicted molar refractivity (Wildman–Crippen MR) is 87.8 cm³/mol. The molecular formula is C16H21N3OS. The van der Waals surface area contributed by atoms with E-state index < -0.39 is 0 Å².